The van der Waals surface area contributed by atoms with Gasteiger partial charge in [-0.05, 0) is 43.0 Å². The number of hydrogen-bond acceptors (Lipinski definition) is 0. The first-order chi connectivity index (χ1) is 6.52. The summed E-state index contributed by atoms with van der Waals surface area (Å²) >= 11 is 0. The molecule has 0 heterocycles. The number of rotatable bonds is 2. The monoisotopic (exact) mass is 192 g/mol. The summed E-state index contributed by atoms with van der Waals surface area (Å²) in [6, 6.07) is 6.67. The standard InChI is InChI=1S/C13H17F/c1-9(2)10(3)11(4)12-5-7-13(14)8-6-12/h5-9H,1-4H3/b11-10-. The highest BCUT2D eigenvalue weighted by atomic mass is 19.1. The Balaban J connectivity index is 3.06. The third-order valence-corrected chi connectivity index (χ3v) is 2.73. The Hall–Kier alpha value is -1.11. The first-order valence-electron chi connectivity index (χ1n) is 4.95. The first-order valence-corrected chi connectivity index (χ1v) is 4.95. The van der Waals surface area contributed by atoms with Crippen LogP contribution in [0.4, 0.5) is 4.39 Å². The SMILES string of the molecule is C/C(=C(\C)C(C)C)c1ccc(F)cc1. The van der Waals surface area contributed by atoms with Gasteiger partial charge in [-0.1, -0.05) is 31.6 Å². The van der Waals surface area contributed by atoms with Gasteiger partial charge in [-0.15, -0.1) is 0 Å². The Bertz CT molecular complexity index is 331. The summed E-state index contributed by atoms with van der Waals surface area (Å²) in [5.41, 5.74) is 3.72. The molecule has 1 aromatic carbocycles. The maximum atomic E-state index is 12.7. The molecule has 0 N–H and O–H groups in total. The molecule has 0 aromatic heterocycles. The average molecular weight is 192 g/mol. The van der Waals surface area contributed by atoms with Crippen molar-refractivity contribution in [2.75, 3.05) is 0 Å². The molecule has 0 unspecified atom stereocenters. The van der Waals surface area contributed by atoms with Crippen LogP contribution in [-0.4, -0.2) is 0 Å². The molecule has 0 spiro atoms. The lowest BCUT2D eigenvalue weighted by atomic mass is 9.95. The molecule has 1 aromatic rings. The van der Waals surface area contributed by atoms with Crippen molar-refractivity contribution in [2.24, 2.45) is 5.92 Å². The molecule has 0 radical (unpaired) electrons. The largest absolute Gasteiger partial charge is 0.207 e. The Labute approximate surface area is 85.5 Å². The second-order valence-corrected chi connectivity index (χ2v) is 3.97. The van der Waals surface area contributed by atoms with E-state index < -0.39 is 0 Å². The van der Waals surface area contributed by atoms with Crippen molar-refractivity contribution in [1.29, 1.82) is 0 Å². The topological polar surface area (TPSA) is 0 Å². The van der Waals surface area contributed by atoms with E-state index in [2.05, 4.69) is 27.7 Å². The summed E-state index contributed by atoms with van der Waals surface area (Å²) in [6.07, 6.45) is 0. The fourth-order valence-corrected chi connectivity index (χ4v) is 1.36. The number of hydrogen-bond donors (Lipinski definition) is 0. The van der Waals surface area contributed by atoms with Gasteiger partial charge in [0.25, 0.3) is 0 Å². The zero-order chi connectivity index (χ0) is 10.7. The summed E-state index contributed by atoms with van der Waals surface area (Å²) in [5, 5.41) is 0. The lowest BCUT2D eigenvalue weighted by Gasteiger charge is -2.11. The van der Waals surface area contributed by atoms with Crippen LogP contribution < -0.4 is 0 Å². The predicted octanol–water partition coefficient (Wildman–Crippen LogP) is 4.28. The number of halogens is 1. The van der Waals surface area contributed by atoms with E-state index in [0.717, 1.165) is 5.56 Å². The quantitative estimate of drug-likeness (QED) is 0.656. The molecule has 1 rings (SSSR count). The van der Waals surface area contributed by atoms with E-state index in [4.69, 9.17) is 0 Å². The van der Waals surface area contributed by atoms with Crippen LogP contribution in [-0.2, 0) is 0 Å². The van der Waals surface area contributed by atoms with Crippen molar-refractivity contribution in [3.8, 4) is 0 Å². The first kappa shape index (κ1) is 11.0. The normalized spacial score (nSPS) is 13.0. The molecular formula is C13H17F. The summed E-state index contributed by atoms with van der Waals surface area (Å²) in [4.78, 5) is 0. The average Bonchev–Trinajstić information content (AvgIpc) is 2.16. The van der Waals surface area contributed by atoms with Crippen LogP contribution in [0, 0.1) is 11.7 Å². The minimum Gasteiger partial charge on any atom is -0.207 e. The van der Waals surface area contributed by atoms with Gasteiger partial charge in [-0.3, -0.25) is 0 Å². The summed E-state index contributed by atoms with van der Waals surface area (Å²) in [5.74, 6) is 0.365. The molecule has 0 fully saturated rings. The molecule has 0 nitrogen and oxygen atoms in total. The highest BCUT2D eigenvalue weighted by Gasteiger charge is 2.03. The predicted molar refractivity (Wildman–Crippen MR) is 59.5 cm³/mol. The second kappa shape index (κ2) is 4.41. The minimum atomic E-state index is -0.177. The molecule has 0 aliphatic rings. The van der Waals surface area contributed by atoms with Crippen molar-refractivity contribution in [1.82, 2.24) is 0 Å². The van der Waals surface area contributed by atoms with E-state index in [1.807, 2.05) is 12.1 Å². The molecule has 0 atom stereocenters. The van der Waals surface area contributed by atoms with Crippen LogP contribution in [0.3, 0.4) is 0 Å². The van der Waals surface area contributed by atoms with E-state index in [0.29, 0.717) is 5.92 Å². The molecule has 0 aliphatic heterocycles. The molecule has 76 valence electrons. The van der Waals surface area contributed by atoms with Crippen LogP contribution >= 0.6 is 0 Å². The lowest BCUT2D eigenvalue weighted by molar-refractivity contribution is 0.627. The second-order valence-electron chi connectivity index (χ2n) is 3.97. The van der Waals surface area contributed by atoms with Gasteiger partial charge in [0.05, 0.1) is 0 Å². The van der Waals surface area contributed by atoms with Crippen molar-refractivity contribution >= 4 is 5.57 Å². The van der Waals surface area contributed by atoms with Gasteiger partial charge in [-0.25, -0.2) is 4.39 Å². The van der Waals surface area contributed by atoms with Crippen molar-refractivity contribution in [3.05, 3.63) is 41.2 Å². The maximum Gasteiger partial charge on any atom is 0.123 e. The number of allylic oxidation sites excluding steroid dienone is 2. The molecule has 0 bridgehead atoms. The molecule has 0 amide bonds. The van der Waals surface area contributed by atoms with Crippen LogP contribution in [0.15, 0.2) is 29.8 Å². The zero-order valence-electron chi connectivity index (χ0n) is 9.26. The van der Waals surface area contributed by atoms with Gasteiger partial charge in [0.1, 0.15) is 5.82 Å². The van der Waals surface area contributed by atoms with E-state index in [-0.39, 0.29) is 5.82 Å². The highest BCUT2D eigenvalue weighted by Crippen LogP contribution is 2.22. The van der Waals surface area contributed by atoms with Crippen LogP contribution in [0.25, 0.3) is 5.57 Å². The molecule has 0 saturated heterocycles. The third-order valence-electron chi connectivity index (χ3n) is 2.73. The summed E-state index contributed by atoms with van der Waals surface area (Å²) in [7, 11) is 0. The molecule has 1 heteroatoms. The van der Waals surface area contributed by atoms with Crippen molar-refractivity contribution in [3.63, 3.8) is 0 Å². The van der Waals surface area contributed by atoms with E-state index in [1.54, 1.807) is 0 Å². The van der Waals surface area contributed by atoms with E-state index in [1.165, 1.54) is 23.3 Å². The number of benzene rings is 1. The minimum absolute atomic E-state index is 0.177. The van der Waals surface area contributed by atoms with Gasteiger partial charge >= 0.3 is 0 Å². The Kier molecular flexibility index (Phi) is 3.45. The van der Waals surface area contributed by atoms with Crippen molar-refractivity contribution in [2.45, 2.75) is 27.7 Å². The Morgan fingerprint density at radius 1 is 1.07 bits per heavy atom. The molecule has 0 saturated carbocycles. The van der Waals surface area contributed by atoms with Gasteiger partial charge in [0, 0.05) is 0 Å². The van der Waals surface area contributed by atoms with Gasteiger partial charge < -0.3 is 0 Å². The summed E-state index contributed by atoms with van der Waals surface area (Å²) < 4.78 is 12.7. The van der Waals surface area contributed by atoms with Gasteiger partial charge in [-0.2, -0.15) is 0 Å². The molecule has 14 heavy (non-hydrogen) atoms. The van der Waals surface area contributed by atoms with Gasteiger partial charge in [0.2, 0.25) is 0 Å². The summed E-state index contributed by atoms with van der Waals surface area (Å²) in [6.45, 7) is 8.55. The fraction of sp³-hybridized carbons (Fsp3) is 0.385. The smallest absolute Gasteiger partial charge is 0.123 e. The highest BCUT2D eigenvalue weighted by molar-refractivity contribution is 5.66. The maximum absolute atomic E-state index is 12.7. The van der Waals surface area contributed by atoms with Gasteiger partial charge in [0.15, 0.2) is 0 Å². The van der Waals surface area contributed by atoms with Crippen LogP contribution in [0.5, 0.6) is 0 Å². The van der Waals surface area contributed by atoms with E-state index >= 15 is 0 Å². The van der Waals surface area contributed by atoms with Crippen LogP contribution in [0.2, 0.25) is 0 Å². The Morgan fingerprint density at radius 3 is 2.00 bits per heavy atom. The van der Waals surface area contributed by atoms with Crippen LogP contribution in [0.1, 0.15) is 33.3 Å². The van der Waals surface area contributed by atoms with E-state index in [9.17, 15) is 4.39 Å². The molecule has 0 aliphatic carbocycles. The lowest BCUT2D eigenvalue weighted by Crippen LogP contribution is -1.93. The zero-order valence-corrected chi connectivity index (χ0v) is 9.26. The Morgan fingerprint density at radius 2 is 1.57 bits per heavy atom. The third kappa shape index (κ3) is 2.44. The van der Waals surface area contributed by atoms with Crippen molar-refractivity contribution < 1.29 is 4.39 Å². The molecular weight excluding hydrogens is 175 g/mol. The fourth-order valence-electron chi connectivity index (χ4n) is 1.36.